The van der Waals surface area contributed by atoms with Crippen LogP contribution in [0.15, 0.2) is 36.5 Å². The average molecular weight is 344 g/mol. The molecule has 0 aliphatic carbocycles. The van der Waals surface area contributed by atoms with Gasteiger partial charge in [0.15, 0.2) is 17.6 Å². The summed E-state index contributed by atoms with van der Waals surface area (Å²) in [5.74, 6) is -0.0365. The minimum absolute atomic E-state index is 0.288. The van der Waals surface area contributed by atoms with Gasteiger partial charge in [0.05, 0.1) is 19.8 Å². The number of hydrogen-bond donors (Lipinski definition) is 1. The van der Waals surface area contributed by atoms with E-state index in [1.807, 2.05) is 6.92 Å². The van der Waals surface area contributed by atoms with E-state index in [9.17, 15) is 9.59 Å². The lowest BCUT2D eigenvalue weighted by atomic mass is 10.2. The molecular weight excluding hydrogens is 324 g/mol. The maximum atomic E-state index is 12.2. The van der Waals surface area contributed by atoms with Gasteiger partial charge in [-0.05, 0) is 38.1 Å². The van der Waals surface area contributed by atoms with Gasteiger partial charge in [0.1, 0.15) is 0 Å². The fraction of sp³-hybridized carbons (Fsp3) is 0.278. The molecule has 132 valence electrons. The third-order valence-electron chi connectivity index (χ3n) is 3.45. The van der Waals surface area contributed by atoms with Crippen molar-refractivity contribution in [3.63, 3.8) is 0 Å². The fourth-order valence-corrected chi connectivity index (χ4v) is 2.03. The van der Waals surface area contributed by atoms with Crippen LogP contribution in [0.1, 0.15) is 23.0 Å². The Morgan fingerprint density at radius 2 is 1.80 bits per heavy atom. The van der Waals surface area contributed by atoms with Crippen LogP contribution in [0.3, 0.4) is 0 Å². The van der Waals surface area contributed by atoms with Crippen molar-refractivity contribution in [2.75, 3.05) is 19.5 Å². The smallest absolute Gasteiger partial charge is 0.340 e. The number of amides is 1. The molecule has 0 saturated carbocycles. The van der Waals surface area contributed by atoms with E-state index in [1.165, 1.54) is 27.3 Å². The minimum Gasteiger partial charge on any atom is -0.493 e. The maximum Gasteiger partial charge on any atom is 0.340 e. The number of benzene rings is 1. The molecule has 1 unspecified atom stereocenters. The van der Waals surface area contributed by atoms with E-state index >= 15 is 0 Å². The molecule has 0 radical (unpaired) electrons. The predicted octanol–water partition coefficient (Wildman–Crippen LogP) is 2.59. The van der Waals surface area contributed by atoms with Crippen LogP contribution in [-0.4, -0.2) is 37.2 Å². The van der Waals surface area contributed by atoms with E-state index in [0.29, 0.717) is 17.2 Å². The Morgan fingerprint density at radius 3 is 2.40 bits per heavy atom. The van der Waals surface area contributed by atoms with Crippen molar-refractivity contribution in [3.8, 4) is 11.5 Å². The summed E-state index contributed by atoms with van der Waals surface area (Å²) in [5, 5.41) is 2.67. The lowest BCUT2D eigenvalue weighted by Gasteiger charge is -2.15. The number of carbonyl (C=O) groups excluding carboxylic acids is 2. The van der Waals surface area contributed by atoms with E-state index in [0.717, 1.165) is 5.69 Å². The number of rotatable bonds is 6. The van der Waals surface area contributed by atoms with E-state index in [1.54, 1.807) is 30.3 Å². The number of carbonyl (C=O) groups is 2. The summed E-state index contributed by atoms with van der Waals surface area (Å²) >= 11 is 0. The number of nitrogens with one attached hydrogen (secondary N) is 1. The van der Waals surface area contributed by atoms with Crippen LogP contribution in [0.4, 0.5) is 5.69 Å². The molecule has 1 heterocycles. The second-order valence-corrected chi connectivity index (χ2v) is 5.29. The Morgan fingerprint density at radius 1 is 1.08 bits per heavy atom. The van der Waals surface area contributed by atoms with E-state index in [2.05, 4.69) is 10.3 Å². The maximum absolute atomic E-state index is 12.2. The number of esters is 1. The van der Waals surface area contributed by atoms with Crippen molar-refractivity contribution in [2.24, 2.45) is 0 Å². The number of anilines is 1. The van der Waals surface area contributed by atoms with Crippen molar-refractivity contribution < 1.29 is 23.8 Å². The standard InChI is InChI=1S/C18H20N2O5/c1-11-5-6-13(10-19-11)18(22)25-12(2)17(21)20-14-7-8-15(23-3)16(9-14)24-4/h5-10,12H,1-4H3,(H,20,21). The van der Waals surface area contributed by atoms with E-state index in [-0.39, 0.29) is 5.56 Å². The van der Waals surface area contributed by atoms with Crippen molar-refractivity contribution in [2.45, 2.75) is 20.0 Å². The Bertz CT molecular complexity index is 759. The molecule has 1 amide bonds. The van der Waals surface area contributed by atoms with Gasteiger partial charge >= 0.3 is 5.97 Å². The number of hydrogen-bond acceptors (Lipinski definition) is 6. The molecule has 0 fully saturated rings. The summed E-state index contributed by atoms with van der Waals surface area (Å²) in [6.07, 6.45) is 0.443. The van der Waals surface area contributed by atoms with Gasteiger partial charge in [-0.2, -0.15) is 0 Å². The van der Waals surface area contributed by atoms with Crippen LogP contribution >= 0.6 is 0 Å². The quantitative estimate of drug-likeness (QED) is 0.811. The summed E-state index contributed by atoms with van der Waals surface area (Å²) in [7, 11) is 3.03. The number of nitrogens with zero attached hydrogens (tertiary/aromatic N) is 1. The largest absolute Gasteiger partial charge is 0.493 e. The first-order valence-electron chi connectivity index (χ1n) is 7.61. The molecule has 0 saturated heterocycles. The van der Waals surface area contributed by atoms with Gasteiger partial charge in [-0.25, -0.2) is 4.79 Å². The molecule has 1 atom stereocenters. The minimum atomic E-state index is -0.970. The van der Waals surface area contributed by atoms with Crippen molar-refractivity contribution >= 4 is 17.6 Å². The topological polar surface area (TPSA) is 86.8 Å². The van der Waals surface area contributed by atoms with Gasteiger partial charge in [0, 0.05) is 23.6 Å². The number of methoxy groups -OCH3 is 2. The normalized spacial score (nSPS) is 11.4. The van der Waals surface area contributed by atoms with Crippen molar-refractivity contribution in [3.05, 3.63) is 47.8 Å². The average Bonchev–Trinajstić information content (AvgIpc) is 2.61. The number of aromatic nitrogens is 1. The Hall–Kier alpha value is -3.09. The van der Waals surface area contributed by atoms with Crippen molar-refractivity contribution in [1.82, 2.24) is 4.98 Å². The molecule has 1 N–H and O–H groups in total. The molecule has 25 heavy (non-hydrogen) atoms. The zero-order valence-corrected chi connectivity index (χ0v) is 14.5. The molecule has 0 spiro atoms. The molecule has 0 aliphatic heterocycles. The van der Waals surface area contributed by atoms with Crippen LogP contribution in [0.2, 0.25) is 0 Å². The molecule has 2 aromatic rings. The van der Waals surface area contributed by atoms with Gasteiger partial charge in [-0.15, -0.1) is 0 Å². The molecular formula is C18H20N2O5. The van der Waals surface area contributed by atoms with Gasteiger partial charge < -0.3 is 19.5 Å². The van der Waals surface area contributed by atoms with E-state index < -0.39 is 18.0 Å². The monoisotopic (exact) mass is 344 g/mol. The van der Waals surface area contributed by atoms with E-state index in [4.69, 9.17) is 14.2 Å². The summed E-state index contributed by atoms with van der Waals surface area (Å²) in [5.41, 5.74) is 1.58. The van der Waals surface area contributed by atoms with Crippen LogP contribution in [0.5, 0.6) is 11.5 Å². The van der Waals surface area contributed by atoms with Gasteiger partial charge in [0.25, 0.3) is 5.91 Å². The first-order chi connectivity index (χ1) is 11.9. The Balaban J connectivity index is 2.00. The zero-order valence-electron chi connectivity index (χ0n) is 14.5. The van der Waals surface area contributed by atoms with Crippen LogP contribution in [0, 0.1) is 6.92 Å². The molecule has 7 nitrogen and oxygen atoms in total. The highest BCUT2D eigenvalue weighted by atomic mass is 16.5. The molecule has 2 rings (SSSR count). The number of pyridine rings is 1. The van der Waals surface area contributed by atoms with Crippen LogP contribution in [-0.2, 0) is 9.53 Å². The first kappa shape index (κ1) is 18.3. The highest BCUT2D eigenvalue weighted by Crippen LogP contribution is 2.29. The van der Waals surface area contributed by atoms with Crippen LogP contribution < -0.4 is 14.8 Å². The van der Waals surface area contributed by atoms with Crippen LogP contribution in [0.25, 0.3) is 0 Å². The second-order valence-electron chi connectivity index (χ2n) is 5.29. The number of ether oxygens (including phenoxy) is 3. The second kappa shape index (κ2) is 8.14. The van der Waals surface area contributed by atoms with Gasteiger partial charge in [0.2, 0.25) is 0 Å². The third-order valence-corrected chi connectivity index (χ3v) is 3.45. The van der Waals surface area contributed by atoms with Gasteiger partial charge in [-0.1, -0.05) is 0 Å². The lowest BCUT2D eigenvalue weighted by molar-refractivity contribution is -0.123. The zero-order chi connectivity index (χ0) is 18.4. The predicted molar refractivity (Wildman–Crippen MR) is 92.0 cm³/mol. The molecule has 7 heteroatoms. The lowest BCUT2D eigenvalue weighted by Crippen LogP contribution is -2.30. The summed E-state index contributed by atoms with van der Waals surface area (Å²) in [6.45, 7) is 3.31. The highest BCUT2D eigenvalue weighted by Gasteiger charge is 2.19. The van der Waals surface area contributed by atoms with Crippen molar-refractivity contribution in [1.29, 1.82) is 0 Å². The molecule has 0 aliphatic rings. The summed E-state index contributed by atoms with van der Waals surface area (Å²) < 4.78 is 15.5. The fourth-order valence-electron chi connectivity index (χ4n) is 2.03. The Kier molecular flexibility index (Phi) is 5.94. The number of aryl methyl sites for hydroxylation is 1. The molecule has 1 aromatic heterocycles. The summed E-state index contributed by atoms with van der Waals surface area (Å²) in [4.78, 5) is 28.3. The molecule has 1 aromatic carbocycles. The summed E-state index contributed by atoms with van der Waals surface area (Å²) in [6, 6.07) is 8.25. The molecule has 0 bridgehead atoms. The Labute approximate surface area is 145 Å². The highest BCUT2D eigenvalue weighted by molar-refractivity contribution is 5.97. The van der Waals surface area contributed by atoms with Gasteiger partial charge in [-0.3, -0.25) is 9.78 Å². The third kappa shape index (κ3) is 4.69. The SMILES string of the molecule is COc1ccc(NC(=O)C(C)OC(=O)c2ccc(C)nc2)cc1OC. The first-order valence-corrected chi connectivity index (χ1v) is 7.61.